The summed E-state index contributed by atoms with van der Waals surface area (Å²) in [6.07, 6.45) is 2.81. The summed E-state index contributed by atoms with van der Waals surface area (Å²) < 4.78 is 0. The van der Waals surface area contributed by atoms with Crippen LogP contribution < -0.4 is 0 Å². The second-order valence-electron chi connectivity index (χ2n) is 6.30. The molecule has 0 unspecified atom stereocenters. The van der Waals surface area contributed by atoms with E-state index in [0.29, 0.717) is 11.8 Å². The molecule has 2 bridgehead atoms. The maximum Gasteiger partial charge on any atom is 0.307 e. The third-order valence-corrected chi connectivity index (χ3v) is 6.61. The van der Waals surface area contributed by atoms with Gasteiger partial charge < -0.3 is 5.11 Å². The van der Waals surface area contributed by atoms with Gasteiger partial charge in [-0.05, 0) is 60.2 Å². The van der Waals surface area contributed by atoms with Gasteiger partial charge in [0.15, 0.2) is 0 Å². The zero-order chi connectivity index (χ0) is 9.19. The van der Waals surface area contributed by atoms with Crippen LogP contribution in [-0.2, 0) is 4.79 Å². The number of aliphatic carboxylic acids is 1. The fourth-order valence-corrected chi connectivity index (χ4v) is 6.80. The Kier molecular flexibility index (Phi) is 0.812. The van der Waals surface area contributed by atoms with Crippen molar-refractivity contribution in [2.45, 2.75) is 12.8 Å². The predicted molar refractivity (Wildman–Crippen MR) is 48.3 cm³/mol. The fourth-order valence-electron chi connectivity index (χ4n) is 6.80. The van der Waals surface area contributed by atoms with Crippen molar-refractivity contribution in [1.29, 1.82) is 0 Å². The molecule has 14 heavy (non-hydrogen) atoms. The van der Waals surface area contributed by atoms with E-state index in [0.717, 1.165) is 35.5 Å². The summed E-state index contributed by atoms with van der Waals surface area (Å²) in [6, 6.07) is 0. The van der Waals surface area contributed by atoms with Gasteiger partial charge in [0.1, 0.15) is 0 Å². The molecule has 0 aliphatic heterocycles. The molecule has 5 rings (SSSR count). The Balaban J connectivity index is 1.75. The number of carbonyl (C=O) groups is 1. The molecule has 5 saturated carbocycles. The third-order valence-electron chi connectivity index (χ3n) is 6.61. The van der Waals surface area contributed by atoms with Crippen molar-refractivity contribution in [3.05, 3.63) is 0 Å². The second kappa shape index (κ2) is 1.66. The van der Waals surface area contributed by atoms with Crippen molar-refractivity contribution in [1.82, 2.24) is 0 Å². The zero-order valence-electron chi connectivity index (χ0n) is 7.97. The smallest absolute Gasteiger partial charge is 0.307 e. The maximum absolute atomic E-state index is 11.3. The molecule has 0 saturated heterocycles. The van der Waals surface area contributed by atoms with Crippen molar-refractivity contribution < 1.29 is 9.90 Å². The molecule has 1 N–H and O–H groups in total. The molecule has 5 fully saturated rings. The first-order valence-corrected chi connectivity index (χ1v) is 6.02. The molecule has 5 aliphatic carbocycles. The molecule has 2 heteroatoms. The third kappa shape index (κ3) is 0.409. The molecule has 9 atom stereocenters. The minimum Gasteiger partial charge on any atom is -0.481 e. The SMILES string of the molecule is O=C(O)[C@@H]1[C@H]2[C@@H]3C[C@@H]4[C@H]5[C@H]3C[C@H]2[C@H]5[C@@H]41. The molecule has 5 aliphatic rings. The van der Waals surface area contributed by atoms with Crippen molar-refractivity contribution in [2.24, 2.45) is 53.3 Å². The predicted octanol–water partition coefficient (Wildman–Crippen LogP) is 1.47. The number of carboxylic acid groups (broad SMARTS) is 1. The Morgan fingerprint density at radius 3 is 2.21 bits per heavy atom. The Morgan fingerprint density at radius 2 is 1.50 bits per heavy atom. The number of hydrogen-bond acceptors (Lipinski definition) is 1. The average molecular weight is 190 g/mol. The molecule has 2 nitrogen and oxygen atoms in total. The molecule has 0 heterocycles. The number of carboxylic acids is 1. The standard InChI is InChI=1S/C12H14O2/c13-12(14)11-8-4-2-5-7-3(4)1-6(8)9(7)10(5)11/h3-11H,1-2H2,(H,13,14)/t3-,4+,5+,6+,7+,8-,9+,10+,11+/m0/s1. The van der Waals surface area contributed by atoms with E-state index >= 15 is 0 Å². The quantitative estimate of drug-likeness (QED) is 0.679. The summed E-state index contributed by atoms with van der Waals surface area (Å²) in [4.78, 5) is 11.3. The lowest BCUT2D eigenvalue weighted by atomic mass is 9.57. The molecule has 0 aromatic carbocycles. The van der Waals surface area contributed by atoms with Gasteiger partial charge >= 0.3 is 5.97 Å². The molecule has 0 radical (unpaired) electrons. The number of fused-ring (bicyclic) bond motifs is 2. The van der Waals surface area contributed by atoms with Crippen LogP contribution in [0.25, 0.3) is 0 Å². The number of hydrogen-bond donors (Lipinski definition) is 1. The van der Waals surface area contributed by atoms with E-state index in [2.05, 4.69) is 0 Å². The Bertz CT molecular complexity index is 357. The minimum absolute atomic E-state index is 0.0810. The van der Waals surface area contributed by atoms with Gasteiger partial charge in [-0.1, -0.05) is 0 Å². The van der Waals surface area contributed by atoms with E-state index in [1.165, 1.54) is 12.8 Å². The van der Waals surface area contributed by atoms with Crippen LogP contribution in [0, 0.1) is 53.3 Å². The lowest BCUT2D eigenvalue weighted by Crippen LogP contribution is -2.45. The second-order valence-corrected chi connectivity index (χ2v) is 6.30. The molecule has 74 valence electrons. The van der Waals surface area contributed by atoms with E-state index < -0.39 is 5.97 Å². The van der Waals surface area contributed by atoms with Crippen LogP contribution >= 0.6 is 0 Å². The summed E-state index contributed by atoms with van der Waals surface area (Å²) in [5.74, 6) is 6.22. The Labute approximate surface area is 82.7 Å². The highest BCUT2D eigenvalue weighted by Gasteiger charge is 2.81. The van der Waals surface area contributed by atoms with E-state index in [1.54, 1.807) is 0 Å². The molecular weight excluding hydrogens is 176 g/mol. The number of rotatable bonds is 1. The minimum atomic E-state index is -0.469. The Morgan fingerprint density at radius 1 is 0.857 bits per heavy atom. The van der Waals surface area contributed by atoms with Crippen LogP contribution in [0.2, 0.25) is 0 Å². The fraction of sp³-hybridized carbons (Fsp3) is 0.917. The van der Waals surface area contributed by atoms with Crippen LogP contribution in [0.15, 0.2) is 0 Å². The largest absolute Gasteiger partial charge is 0.481 e. The maximum atomic E-state index is 11.3. The highest BCUT2D eigenvalue weighted by molar-refractivity contribution is 5.73. The first kappa shape index (κ1) is 6.86. The van der Waals surface area contributed by atoms with E-state index in [1.807, 2.05) is 0 Å². The summed E-state index contributed by atoms with van der Waals surface area (Å²) in [5.41, 5.74) is 0. The van der Waals surface area contributed by atoms with Gasteiger partial charge in [-0.25, -0.2) is 0 Å². The van der Waals surface area contributed by atoms with Crippen molar-refractivity contribution in [2.75, 3.05) is 0 Å². The lowest BCUT2D eigenvalue weighted by Gasteiger charge is -2.46. The highest BCUT2D eigenvalue weighted by Crippen LogP contribution is 2.84. The van der Waals surface area contributed by atoms with Crippen molar-refractivity contribution in [3.8, 4) is 0 Å². The van der Waals surface area contributed by atoms with Crippen molar-refractivity contribution >= 4 is 5.97 Å². The molecule has 0 spiro atoms. The van der Waals surface area contributed by atoms with Gasteiger partial charge in [0.2, 0.25) is 0 Å². The summed E-state index contributed by atoms with van der Waals surface area (Å²) in [5, 5.41) is 9.33. The van der Waals surface area contributed by atoms with Gasteiger partial charge in [0.05, 0.1) is 5.92 Å². The average Bonchev–Trinajstić information content (AvgIpc) is 2.60. The molecule has 0 aromatic heterocycles. The summed E-state index contributed by atoms with van der Waals surface area (Å²) in [7, 11) is 0. The normalized spacial score (nSPS) is 74.4. The van der Waals surface area contributed by atoms with Gasteiger partial charge in [-0.3, -0.25) is 4.79 Å². The first-order chi connectivity index (χ1) is 6.79. The molecule has 0 aromatic rings. The first-order valence-electron chi connectivity index (χ1n) is 6.02. The monoisotopic (exact) mass is 190 g/mol. The van der Waals surface area contributed by atoms with Crippen LogP contribution in [0.4, 0.5) is 0 Å². The zero-order valence-corrected chi connectivity index (χ0v) is 7.97. The highest BCUT2D eigenvalue weighted by atomic mass is 16.4. The summed E-state index contributed by atoms with van der Waals surface area (Å²) >= 11 is 0. The van der Waals surface area contributed by atoms with Crippen LogP contribution in [0.3, 0.4) is 0 Å². The van der Waals surface area contributed by atoms with Crippen LogP contribution in [0.1, 0.15) is 12.8 Å². The van der Waals surface area contributed by atoms with E-state index in [9.17, 15) is 9.90 Å². The van der Waals surface area contributed by atoms with Gasteiger partial charge in [-0.2, -0.15) is 0 Å². The summed E-state index contributed by atoms with van der Waals surface area (Å²) in [6.45, 7) is 0. The van der Waals surface area contributed by atoms with Crippen LogP contribution in [0.5, 0.6) is 0 Å². The van der Waals surface area contributed by atoms with E-state index in [4.69, 9.17) is 0 Å². The topological polar surface area (TPSA) is 37.3 Å². The van der Waals surface area contributed by atoms with Crippen LogP contribution in [-0.4, -0.2) is 11.1 Å². The van der Waals surface area contributed by atoms with Gasteiger partial charge in [0, 0.05) is 0 Å². The van der Waals surface area contributed by atoms with E-state index in [-0.39, 0.29) is 5.92 Å². The lowest BCUT2D eigenvalue weighted by molar-refractivity contribution is -0.150. The molecule has 0 amide bonds. The van der Waals surface area contributed by atoms with Crippen molar-refractivity contribution in [3.63, 3.8) is 0 Å². The Hall–Kier alpha value is -0.530. The van der Waals surface area contributed by atoms with Gasteiger partial charge in [-0.15, -0.1) is 0 Å². The van der Waals surface area contributed by atoms with Gasteiger partial charge in [0.25, 0.3) is 0 Å². The molecular formula is C12H14O2.